The number of piperazine rings is 1. The molecule has 14 heterocycles. The van der Waals surface area contributed by atoms with Crippen molar-refractivity contribution >= 4 is 80.5 Å². The van der Waals surface area contributed by atoms with E-state index in [1.807, 2.05) is 199 Å². The van der Waals surface area contributed by atoms with Gasteiger partial charge in [0.05, 0.1) is 63.8 Å². The number of ether oxygens (including phenoxy) is 3. The first-order valence-electron chi connectivity index (χ1n) is 43.9. The third kappa shape index (κ3) is 23.2. The van der Waals surface area contributed by atoms with E-state index in [9.17, 15) is 24.0 Å². The minimum Gasteiger partial charge on any atom is -0.378 e. The van der Waals surface area contributed by atoms with Crippen LogP contribution < -0.4 is 51.5 Å². The summed E-state index contributed by atoms with van der Waals surface area (Å²) in [6.07, 6.45) is 17.3. The van der Waals surface area contributed by atoms with Crippen LogP contribution in [0.3, 0.4) is 0 Å². The van der Waals surface area contributed by atoms with Gasteiger partial charge in [0, 0.05) is 156 Å². The summed E-state index contributed by atoms with van der Waals surface area (Å²) >= 11 is 0. The molecule has 4 saturated heterocycles. The van der Waals surface area contributed by atoms with Gasteiger partial charge in [-0.05, 0) is 204 Å². The van der Waals surface area contributed by atoms with Crippen LogP contribution >= 0.6 is 0 Å². The van der Waals surface area contributed by atoms with Gasteiger partial charge in [0.1, 0.15) is 56.7 Å². The van der Waals surface area contributed by atoms with Crippen molar-refractivity contribution in [2.45, 2.75) is 92.0 Å². The molecule has 15 aromatic rings. The number of carbonyl (C=O) groups is 5. The van der Waals surface area contributed by atoms with E-state index in [1.54, 1.807) is 31.0 Å². The molecule has 0 unspecified atom stereocenters. The second kappa shape index (κ2) is 42.3. The maximum atomic E-state index is 12.6. The number of pyridine rings is 5. The molecule has 0 saturated carbocycles. The lowest BCUT2D eigenvalue weighted by atomic mass is 10.1. The molecule has 6 N–H and O–H groups in total. The first-order chi connectivity index (χ1) is 62.2. The lowest BCUT2D eigenvalue weighted by molar-refractivity contribution is 0.0927. The predicted molar refractivity (Wildman–Crippen MR) is 501 cm³/mol. The maximum absolute atomic E-state index is 12.6. The summed E-state index contributed by atoms with van der Waals surface area (Å²) < 4.78 is 25.6. The summed E-state index contributed by atoms with van der Waals surface area (Å²) in [6, 6.07) is 68.5. The van der Waals surface area contributed by atoms with Crippen molar-refractivity contribution in [1.29, 1.82) is 0 Å². The highest BCUT2D eigenvalue weighted by Gasteiger charge is 2.24. The predicted octanol–water partition coefficient (Wildman–Crippen LogP) is 13.8. The summed E-state index contributed by atoms with van der Waals surface area (Å²) in [7, 11) is 0. The van der Waals surface area contributed by atoms with Crippen LogP contribution in [0.5, 0.6) is 0 Å². The molecule has 10 aromatic heterocycles. The van der Waals surface area contributed by atoms with Gasteiger partial charge in [-0.2, -0.15) is 0 Å². The van der Waals surface area contributed by atoms with Gasteiger partial charge >= 0.3 is 0 Å². The quantitative estimate of drug-likeness (QED) is 0.0413. The van der Waals surface area contributed by atoms with Gasteiger partial charge in [0.25, 0.3) is 29.5 Å². The summed E-state index contributed by atoms with van der Waals surface area (Å²) in [5.41, 5.74) is 19.6. The summed E-state index contributed by atoms with van der Waals surface area (Å²) in [4.78, 5) is 93.8. The van der Waals surface area contributed by atoms with Crippen molar-refractivity contribution in [2.24, 2.45) is 0 Å². The average Bonchev–Trinajstić information content (AvgIpc) is 1.69. The molecule has 0 spiro atoms. The minimum absolute atomic E-state index is 0.0599. The zero-order valence-corrected chi connectivity index (χ0v) is 73.8. The van der Waals surface area contributed by atoms with E-state index in [4.69, 9.17) is 14.2 Å². The lowest BCUT2D eigenvalue weighted by Crippen LogP contribution is -2.43. The summed E-state index contributed by atoms with van der Waals surface area (Å²) in [6.45, 7) is 30.2. The molecule has 28 heteroatoms. The van der Waals surface area contributed by atoms with Crippen LogP contribution in [0.1, 0.15) is 156 Å². The molecular formula is C100H112N20O8. The number of imidazole rings is 5. The number of morpholine rings is 3. The molecule has 5 aromatic carbocycles. The van der Waals surface area contributed by atoms with Gasteiger partial charge in [-0.25, -0.2) is 24.9 Å². The number of hydrogen-bond donors (Lipinski definition) is 6. The van der Waals surface area contributed by atoms with Crippen molar-refractivity contribution in [3.63, 3.8) is 0 Å². The van der Waals surface area contributed by atoms with Crippen molar-refractivity contribution in [3.8, 4) is 0 Å². The van der Waals surface area contributed by atoms with Crippen molar-refractivity contribution < 1.29 is 38.2 Å². The number of amides is 5. The first kappa shape index (κ1) is 88.8. The molecule has 4 aliphatic heterocycles. The van der Waals surface area contributed by atoms with Gasteiger partial charge in [-0.15, -0.1) is 0 Å². The molecule has 0 aliphatic carbocycles. The van der Waals surface area contributed by atoms with Crippen LogP contribution in [0.4, 0.5) is 22.7 Å². The fraction of sp³-hybridized carbons (Fsp3) is 0.300. The molecule has 28 nitrogen and oxygen atoms in total. The third-order valence-electron chi connectivity index (χ3n) is 23.1. The standard InChI is InChI=1S/3C21H24N4O2.C20H23N5O.C17H17N3O/c1-15-3-8-20-23-19(14-25(20)13-15)21(26)22-16(2)17-4-6-18(7-5-17)24-9-11-27-12-10-24;1-15-7-8-25-14-19(23-20(25)13-15)21(26)22-16(2)17-3-5-18(6-4-17)24-9-11-27-12-10-24;1-15-4-3-5-20-23-19(14-25(15)20)21(26)22-16(2)17-6-8-18(9-7-17)24-10-12-27-13-11-24;1-15(16-5-7-17(8-6-16)24-12-9-21-10-13-24)22-20(26)18-14-25-11-3-2-4-19(25)23-18;1-13(11-14-7-3-2-4-8-14)18-17(21)15-12-20-10-6-5-9-16(20)19-15/h2*3-8,13-14,16H,9-12H2,1-2H3,(H,22,26);3-9,14,16H,10-13H2,1-2H3,(H,22,26);2-8,11,14-15,21H,9-10,12-13H2,1H3,(H,22,26);2-10,12-13H,11H2,1H3,(H,18,21)/t3*16-;15-;13-/m11111/s1. The molecule has 4 aliphatic rings. The number of benzene rings is 5. The van der Waals surface area contributed by atoms with E-state index in [0.29, 0.717) is 28.5 Å². The smallest absolute Gasteiger partial charge is 0.271 e. The number of aryl methyl sites for hydroxylation is 3. The second-order valence-corrected chi connectivity index (χ2v) is 32.6. The number of nitrogens with zero attached hydrogens (tertiary/aromatic N) is 14. The number of hydrogen-bond acceptors (Lipinski definition) is 18. The number of aromatic nitrogens is 10. The normalized spacial score (nSPS) is 15.2. The molecule has 0 radical (unpaired) electrons. The SMILES string of the molecule is C[C@@H](NC(=O)c1cn2ccccc2n1)c1ccc(N2CCNCC2)cc1.C[C@H](Cc1ccccc1)NC(=O)c1cn2ccccc2n1.Cc1ccc2nc(C(=O)N[C@H](C)c3ccc(N4CCOCC4)cc3)cn2c1.Cc1cccc2nc(C(=O)N[C@H](C)c3ccc(N4CCOCC4)cc3)cn12.Cc1ccn2cc(C(=O)N[C@H](C)c3ccc(N4CCOCC4)cc3)nc2c1. The van der Waals surface area contributed by atoms with Crippen LogP contribution in [0.2, 0.25) is 0 Å². The summed E-state index contributed by atoms with van der Waals surface area (Å²) in [5.74, 6) is -0.792. The van der Waals surface area contributed by atoms with E-state index in [1.165, 1.54) is 28.3 Å². The molecule has 5 amide bonds. The Kier molecular flexibility index (Phi) is 29.3. The Morgan fingerprint density at radius 1 is 0.328 bits per heavy atom. The van der Waals surface area contributed by atoms with E-state index in [-0.39, 0.29) is 59.7 Å². The highest BCUT2D eigenvalue weighted by Crippen LogP contribution is 2.27. The molecule has 5 atom stereocenters. The van der Waals surface area contributed by atoms with Crippen LogP contribution in [-0.4, -0.2) is 188 Å². The van der Waals surface area contributed by atoms with Crippen molar-refractivity contribution in [2.75, 3.05) is 125 Å². The lowest BCUT2D eigenvalue weighted by Gasteiger charge is -2.29. The van der Waals surface area contributed by atoms with Crippen molar-refractivity contribution in [3.05, 3.63) is 335 Å². The van der Waals surface area contributed by atoms with Crippen LogP contribution in [0.25, 0.3) is 28.2 Å². The topological polar surface area (TPSA) is 285 Å². The Morgan fingerprint density at radius 3 is 1.09 bits per heavy atom. The van der Waals surface area contributed by atoms with E-state index in [2.05, 4.69) is 186 Å². The van der Waals surface area contributed by atoms with Gasteiger partial charge in [0.15, 0.2) is 0 Å². The Morgan fingerprint density at radius 2 is 0.680 bits per heavy atom. The monoisotopic (exact) mass is 1720 g/mol. The highest BCUT2D eigenvalue weighted by molar-refractivity contribution is 5.95. The number of carbonyl (C=O) groups excluding carboxylic acids is 5. The zero-order valence-electron chi connectivity index (χ0n) is 73.8. The number of anilines is 4. The van der Waals surface area contributed by atoms with E-state index < -0.39 is 0 Å². The van der Waals surface area contributed by atoms with Crippen LogP contribution in [-0.2, 0) is 20.6 Å². The first-order valence-corrected chi connectivity index (χ1v) is 43.9. The zero-order chi connectivity index (χ0) is 89.0. The molecule has 660 valence electrons. The van der Waals surface area contributed by atoms with Crippen LogP contribution in [0.15, 0.2) is 262 Å². The van der Waals surface area contributed by atoms with Gasteiger partial charge in [-0.3, -0.25) is 24.0 Å². The Bertz CT molecular complexity index is 6000. The maximum Gasteiger partial charge on any atom is 0.271 e. The molecule has 0 bridgehead atoms. The number of rotatable bonds is 20. The molecule has 4 fully saturated rings. The largest absolute Gasteiger partial charge is 0.378 e. The third-order valence-corrected chi connectivity index (χ3v) is 23.1. The highest BCUT2D eigenvalue weighted by atomic mass is 16.5. The van der Waals surface area contributed by atoms with Gasteiger partial charge < -0.3 is 87.7 Å². The molecule has 19 rings (SSSR count). The van der Waals surface area contributed by atoms with Crippen LogP contribution in [0, 0.1) is 20.8 Å². The fourth-order valence-electron chi connectivity index (χ4n) is 15.8. The fourth-order valence-corrected chi connectivity index (χ4v) is 15.8. The Hall–Kier alpha value is -14.1. The Balaban J connectivity index is 0.000000123. The minimum atomic E-state index is -0.166. The second-order valence-electron chi connectivity index (χ2n) is 32.6. The number of fused-ring (bicyclic) bond motifs is 5. The number of nitrogens with one attached hydrogen (secondary N) is 6. The Labute approximate surface area is 745 Å². The molecule has 128 heavy (non-hydrogen) atoms. The van der Waals surface area contributed by atoms with E-state index >= 15 is 0 Å². The molecular weight excluding hydrogens is 1610 g/mol. The summed E-state index contributed by atoms with van der Waals surface area (Å²) in [5, 5.41) is 18.5. The van der Waals surface area contributed by atoms with Gasteiger partial charge in [-0.1, -0.05) is 103 Å². The average molecular weight is 1720 g/mol. The van der Waals surface area contributed by atoms with Crippen molar-refractivity contribution in [1.82, 2.24) is 78.8 Å². The van der Waals surface area contributed by atoms with Gasteiger partial charge in [0.2, 0.25) is 0 Å². The van der Waals surface area contributed by atoms with E-state index in [0.717, 1.165) is 179 Å².